The van der Waals surface area contributed by atoms with Gasteiger partial charge in [0.1, 0.15) is 5.82 Å². The van der Waals surface area contributed by atoms with Crippen LogP contribution >= 0.6 is 11.8 Å². The Kier molecular flexibility index (Phi) is 3.25. The molecule has 0 aromatic carbocycles. The number of nitrogen functional groups attached to an aromatic ring is 1. The topological polar surface area (TPSA) is 42.1 Å². The molecule has 1 atom stereocenters. The summed E-state index contributed by atoms with van der Waals surface area (Å²) in [6.07, 6.45) is 4.08. The van der Waals surface area contributed by atoms with Gasteiger partial charge in [-0.25, -0.2) is 4.98 Å². The van der Waals surface area contributed by atoms with E-state index in [0.29, 0.717) is 11.9 Å². The second kappa shape index (κ2) is 4.86. The Morgan fingerprint density at radius 3 is 2.88 bits per heavy atom. The highest BCUT2D eigenvalue weighted by Gasteiger charge is 2.27. The highest BCUT2D eigenvalue weighted by molar-refractivity contribution is 7.98. The van der Waals surface area contributed by atoms with E-state index in [0.717, 1.165) is 5.75 Å². The molecule has 3 heterocycles. The molecule has 4 heteroatoms. The highest BCUT2D eigenvalue weighted by atomic mass is 32.2. The van der Waals surface area contributed by atoms with Crippen molar-refractivity contribution >= 4 is 17.6 Å². The number of hydrogen-bond donors (Lipinski definition) is 1. The molecule has 0 amide bonds. The van der Waals surface area contributed by atoms with Crippen LogP contribution in [0.25, 0.3) is 0 Å². The summed E-state index contributed by atoms with van der Waals surface area (Å²) in [5.74, 6) is 2.88. The number of likely N-dealkylation sites (tertiary alicyclic amines) is 1. The van der Waals surface area contributed by atoms with E-state index < -0.39 is 0 Å². The summed E-state index contributed by atoms with van der Waals surface area (Å²) in [5.41, 5.74) is 8.39. The fraction of sp³-hybridized carbons (Fsp3) is 0.615. The lowest BCUT2D eigenvalue weighted by Crippen LogP contribution is -2.36. The van der Waals surface area contributed by atoms with Crippen molar-refractivity contribution in [1.29, 1.82) is 0 Å². The normalized spacial score (nSPS) is 25.5. The second-order valence-corrected chi connectivity index (χ2v) is 5.93. The maximum atomic E-state index is 5.77. The van der Waals surface area contributed by atoms with Crippen molar-refractivity contribution < 1.29 is 0 Å². The van der Waals surface area contributed by atoms with Gasteiger partial charge in [-0.1, -0.05) is 12.5 Å². The van der Waals surface area contributed by atoms with Gasteiger partial charge < -0.3 is 5.73 Å². The molecule has 3 rings (SSSR count). The first-order chi connectivity index (χ1) is 8.34. The number of hydrogen-bond acceptors (Lipinski definition) is 4. The lowest BCUT2D eigenvalue weighted by atomic mass is 10.0. The van der Waals surface area contributed by atoms with Crippen LogP contribution in [-0.4, -0.2) is 28.7 Å². The fourth-order valence-corrected chi connectivity index (χ4v) is 3.99. The Labute approximate surface area is 107 Å². The number of piperidine rings is 1. The average Bonchev–Trinajstić information content (AvgIpc) is 2.39. The third-order valence-corrected chi connectivity index (χ3v) is 4.76. The Morgan fingerprint density at radius 2 is 2.06 bits per heavy atom. The Hall–Kier alpha value is -0.740. The molecule has 3 nitrogen and oxygen atoms in total. The van der Waals surface area contributed by atoms with Crippen LogP contribution in [0.1, 0.15) is 36.6 Å². The van der Waals surface area contributed by atoms with Crippen LogP contribution < -0.4 is 5.73 Å². The van der Waals surface area contributed by atoms with Gasteiger partial charge in [0.25, 0.3) is 0 Å². The van der Waals surface area contributed by atoms with Crippen molar-refractivity contribution in [3.05, 3.63) is 23.4 Å². The fourth-order valence-electron chi connectivity index (χ4n) is 2.84. The minimum atomic E-state index is 0.567. The van der Waals surface area contributed by atoms with Crippen molar-refractivity contribution in [2.45, 2.75) is 31.1 Å². The predicted octanol–water partition coefficient (Wildman–Crippen LogP) is 2.44. The van der Waals surface area contributed by atoms with Crippen LogP contribution in [0.3, 0.4) is 0 Å². The summed E-state index contributed by atoms with van der Waals surface area (Å²) in [5, 5.41) is 0. The molecule has 0 radical (unpaired) electrons. The molecule has 0 aliphatic carbocycles. The first-order valence-electron chi connectivity index (χ1n) is 6.42. The van der Waals surface area contributed by atoms with Gasteiger partial charge in [-0.2, -0.15) is 11.8 Å². The minimum absolute atomic E-state index is 0.567. The summed E-state index contributed by atoms with van der Waals surface area (Å²) < 4.78 is 0. The van der Waals surface area contributed by atoms with Crippen molar-refractivity contribution in [3.8, 4) is 0 Å². The maximum absolute atomic E-state index is 5.77. The zero-order valence-electron chi connectivity index (χ0n) is 10.1. The molecule has 1 saturated heterocycles. The highest BCUT2D eigenvalue weighted by Crippen LogP contribution is 2.36. The Bertz CT molecular complexity index is 402. The third-order valence-electron chi connectivity index (χ3n) is 3.74. The van der Waals surface area contributed by atoms with Gasteiger partial charge in [-0.05, 0) is 37.6 Å². The molecule has 17 heavy (non-hydrogen) atoms. The summed E-state index contributed by atoms with van der Waals surface area (Å²) in [6.45, 7) is 2.49. The van der Waals surface area contributed by atoms with E-state index in [1.54, 1.807) is 0 Å². The number of anilines is 1. The summed E-state index contributed by atoms with van der Waals surface area (Å²) in [7, 11) is 0. The molecule has 0 saturated carbocycles. The number of rotatable bonds is 1. The van der Waals surface area contributed by atoms with E-state index in [2.05, 4.69) is 16.0 Å². The molecule has 1 fully saturated rings. The molecule has 1 aromatic rings. The van der Waals surface area contributed by atoms with Gasteiger partial charge in [0, 0.05) is 17.5 Å². The summed E-state index contributed by atoms with van der Waals surface area (Å²) in [4.78, 5) is 7.12. The molecule has 1 unspecified atom stereocenters. The van der Waals surface area contributed by atoms with E-state index in [1.165, 1.54) is 49.4 Å². The van der Waals surface area contributed by atoms with E-state index in [9.17, 15) is 0 Å². The number of nitrogens with zero attached hydrogens (tertiary/aromatic N) is 2. The standard InChI is InChI=1S/C13H19N3S/c14-13-5-4-10-11(15-13)8-17-9-12(10)16-6-2-1-3-7-16/h4-5,12H,1-3,6-9H2,(H2,14,15). The Morgan fingerprint density at radius 1 is 1.24 bits per heavy atom. The van der Waals surface area contributed by atoms with Gasteiger partial charge >= 0.3 is 0 Å². The molecule has 2 aliphatic heterocycles. The number of pyridine rings is 1. The maximum Gasteiger partial charge on any atom is 0.123 e. The van der Waals surface area contributed by atoms with Crippen molar-refractivity contribution in [3.63, 3.8) is 0 Å². The predicted molar refractivity (Wildman–Crippen MR) is 73.0 cm³/mol. The zero-order valence-corrected chi connectivity index (χ0v) is 10.9. The number of aromatic nitrogens is 1. The van der Waals surface area contributed by atoms with E-state index in [1.807, 2.05) is 17.8 Å². The quantitative estimate of drug-likeness (QED) is 0.830. The van der Waals surface area contributed by atoms with Gasteiger partial charge in [0.2, 0.25) is 0 Å². The monoisotopic (exact) mass is 249 g/mol. The van der Waals surface area contributed by atoms with Crippen molar-refractivity contribution in [1.82, 2.24) is 9.88 Å². The van der Waals surface area contributed by atoms with Gasteiger partial charge in [0.05, 0.1) is 5.69 Å². The molecule has 2 aliphatic rings. The third kappa shape index (κ3) is 2.29. The van der Waals surface area contributed by atoms with E-state index in [4.69, 9.17) is 5.73 Å². The summed E-state index contributed by atoms with van der Waals surface area (Å²) >= 11 is 1.99. The molecule has 0 spiro atoms. The van der Waals surface area contributed by atoms with Gasteiger partial charge in [-0.3, -0.25) is 4.90 Å². The van der Waals surface area contributed by atoms with Gasteiger partial charge in [0.15, 0.2) is 0 Å². The van der Waals surface area contributed by atoms with Crippen molar-refractivity contribution in [2.24, 2.45) is 0 Å². The summed E-state index contributed by atoms with van der Waals surface area (Å²) in [6, 6.07) is 4.71. The zero-order chi connectivity index (χ0) is 11.7. The van der Waals surface area contributed by atoms with E-state index in [-0.39, 0.29) is 0 Å². The van der Waals surface area contributed by atoms with Crippen LogP contribution in [-0.2, 0) is 5.75 Å². The smallest absolute Gasteiger partial charge is 0.123 e. The first-order valence-corrected chi connectivity index (χ1v) is 7.57. The van der Waals surface area contributed by atoms with Crippen LogP contribution in [0.15, 0.2) is 12.1 Å². The molecule has 1 aromatic heterocycles. The lowest BCUT2D eigenvalue weighted by molar-refractivity contribution is 0.176. The van der Waals surface area contributed by atoms with E-state index >= 15 is 0 Å². The first kappa shape index (κ1) is 11.4. The van der Waals surface area contributed by atoms with Crippen LogP contribution in [0, 0.1) is 0 Å². The van der Waals surface area contributed by atoms with Crippen molar-refractivity contribution in [2.75, 3.05) is 24.6 Å². The SMILES string of the molecule is Nc1ccc2c(n1)CSCC2N1CCCCC1. The van der Waals surface area contributed by atoms with Crippen LogP contribution in [0.4, 0.5) is 5.82 Å². The molecular weight excluding hydrogens is 230 g/mol. The Balaban J connectivity index is 1.88. The lowest BCUT2D eigenvalue weighted by Gasteiger charge is -2.37. The van der Waals surface area contributed by atoms with Crippen LogP contribution in [0.5, 0.6) is 0 Å². The molecule has 2 N–H and O–H groups in total. The van der Waals surface area contributed by atoms with Crippen LogP contribution in [0.2, 0.25) is 0 Å². The molecule has 92 valence electrons. The number of thioether (sulfide) groups is 1. The molecular formula is C13H19N3S. The molecule has 0 bridgehead atoms. The average molecular weight is 249 g/mol. The second-order valence-electron chi connectivity index (χ2n) is 4.90. The largest absolute Gasteiger partial charge is 0.384 e. The van der Waals surface area contributed by atoms with Gasteiger partial charge in [-0.15, -0.1) is 0 Å². The number of fused-ring (bicyclic) bond motifs is 1. The minimum Gasteiger partial charge on any atom is -0.384 e. The number of nitrogens with two attached hydrogens (primary N) is 1.